The SMILES string of the molecule is CCC(C)(C)NC(=O)c1ccc(CN2CCN(C(=O)c3ccc(NC(=O)NCC4CC4)cc3)CC2)s1. The van der Waals surface area contributed by atoms with Crippen molar-refractivity contribution in [3.63, 3.8) is 0 Å². The first-order valence-corrected chi connectivity index (χ1v) is 13.6. The number of hydrogen-bond acceptors (Lipinski definition) is 5. The zero-order valence-corrected chi connectivity index (χ0v) is 22.2. The van der Waals surface area contributed by atoms with Gasteiger partial charge in [0.2, 0.25) is 0 Å². The number of hydrogen-bond donors (Lipinski definition) is 3. The summed E-state index contributed by atoms with van der Waals surface area (Å²) in [5.41, 5.74) is 1.08. The van der Waals surface area contributed by atoms with E-state index >= 15 is 0 Å². The van der Waals surface area contributed by atoms with Gasteiger partial charge in [0.25, 0.3) is 11.8 Å². The molecule has 0 radical (unpaired) electrons. The molecule has 8 nitrogen and oxygen atoms in total. The summed E-state index contributed by atoms with van der Waals surface area (Å²) < 4.78 is 0. The highest BCUT2D eigenvalue weighted by Crippen LogP contribution is 2.27. The van der Waals surface area contributed by atoms with Crippen LogP contribution in [0.15, 0.2) is 36.4 Å². The highest BCUT2D eigenvalue weighted by atomic mass is 32.1. The lowest BCUT2D eigenvalue weighted by molar-refractivity contribution is 0.0629. The van der Waals surface area contributed by atoms with E-state index in [1.807, 2.05) is 30.9 Å². The Morgan fingerprint density at radius 2 is 1.69 bits per heavy atom. The molecule has 0 atom stereocenters. The maximum atomic E-state index is 13.0. The minimum Gasteiger partial charge on any atom is -0.346 e. The molecule has 1 aliphatic heterocycles. The van der Waals surface area contributed by atoms with Crippen molar-refractivity contribution >= 4 is 34.9 Å². The van der Waals surface area contributed by atoms with Gasteiger partial charge in [-0.05, 0) is 75.4 Å². The minimum absolute atomic E-state index is 0.00741. The van der Waals surface area contributed by atoms with Gasteiger partial charge in [0.1, 0.15) is 0 Å². The predicted molar refractivity (Wildman–Crippen MR) is 144 cm³/mol. The number of rotatable bonds is 9. The van der Waals surface area contributed by atoms with Crippen LogP contribution in [0.2, 0.25) is 0 Å². The first-order valence-electron chi connectivity index (χ1n) is 12.8. The van der Waals surface area contributed by atoms with Crippen LogP contribution in [-0.2, 0) is 6.54 Å². The molecule has 2 aliphatic rings. The summed E-state index contributed by atoms with van der Waals surface area (Å²) in [5.74, 6) is 0.616. The van der Waals surface area contributed by atoms with Crippen LogP contribution in [0.5, 0.6) is 0 Å². The zero-order chi connectivity index (χ0) is 25.7. The normalized spacial score (nSPS) is 16.5. The molecule has 2 fully saturated rings. The predicted octanol–water partition coefficient (Wildman–Crippen LogP) is 4.16. The fraction of sp³-hybridized carbons (Fsp3) is 0.519. The lowest BCUT2D eigenvalue weighted by Crippen LogP contribution is -2.48. The van der Waals surface area contributed by atoms with E-state index in [0.717, 1.165) is 35.8 Å². The van der Waals surface area contributed by atoms with Crippen molar-refractivity contribution in [2.24, 2.45) is 5.92 Å². The molecular formula is C27H37N5O3S. The van der Waals surface area contributed by atoms with Gasteiger partial charge in [-0.2, -0.15) is 0 Å². The number of urea groups is 1. The summed E-state index contributed by atoms with van der Waals surface area (Å²) >= 11 is 1.53. The Bertz CT molecular complexity index is 1070. The highest BCUT2D eigenvalue weighted by molar-refractivity contribution is 7.14. The van der Waals surface area contributed by atoms with E-state index in [1.54, 1.807) is 24.3 Å². The van der Waals surface area contributed by atoms with Gasteiger partial charge in [-0.25, -0.2) is 4.79 Å². The molecule has 4 rings (SSSR count). The number of carbonyl (C=O) groups excluding carboxylic acids is 3. The minimum atomic E-state index is -0.217. The van der Waals surface area contributed by atoms with Gasteiger partial charge in [0, 0.05) is 60.9 Å². The quantitative estimate of drug-likeness (QED) is 0.471. The standard InChI is InChI=1S/C27H37N5O3S/c1-4-27(2,3)30-24(33)23-12-11-22(36-23)18-31-13-15-32(16-14-31)25(34)20-7-9-21(10-8-20)29-26(35)28-17-19-5-6-19/h7-12,19H,4-6,13-18H2,1-3H3,(H,30,33)(H2,28,29,35). The number of thiophene rings is 1. The smallest absolute Gasteiger partial charge is 0.319 e. The molecule has 1 aliphatic carbocycles. The van der Waals surface area contributed by atoms with Crippen molar-refractivity contribution in [2.75, 3.05) is 38.0 Å². The number of amides is 4. The van der Waals surface area contributed by atoms with Gasteiger partial charge in [0.05, 0.1) is 4.88 Å². The zero-order valence-electron chi connectivity index (χ0n) is 21.4. The molecule has 1 aromatic heterocycles. The highest BCUT2D eigenvalue weighted by Gasteiger charge is 2.24. The van der Waals surface area contributed by atoms with Crippen LogP contribution >= 0.6 is 11.3 Å². The Morgan fingerprint density at radius 3 is 2.33 bits per heavy atom. The third-order valence-corrected chi connectivity index (χ3v) is 7.97. The maximum Gasteiger partial charge on any atom is 0.319 e. The van der Waals surface area contributed by atoms with E-state index in [2.05, 4.69) is 27.8 Å². The van der Waals surface area contributed by atoms with Gasteiger partial charge in [-0.15, -0.1) is 11.3 Å². The summed E-state index contributed by atoms with van der Waals surface area (Å²) in [6.07, 6.45) is 3.26. The van der Waals surface area contributed by atoms with E-state index in [1.165, 1.54) is 24.2 Å². The Balaban J connectivity index is 1.22. The van der Waals surface area contributed by atoms with Gasteiger partial charge in [-0.3, -0.25) is 14.5 Å². The van der Waals surface area contributed by atoms with Crippen LogP contribution in [0.4, 0.5) is 10.5 Å². The average molecular weight is 512 g/mol. The summed E-state index contributed by atoms with van der Waals surface area (Å²) in [7, 11) is 0. The maximum absolute atomic E-state index is 13.0. The monoisotopic (exact) mass is 511 g/mol. The molecule has 4 amide bonds. The molecule has 0 spiro atoms. The number of benzene rings is 1. The van der Waals surface area contributed by atoms with Crippen molar-refractivity contribution < 1.29 is 14.4 Å². The van der Waals surface area contributed by atoms with Gasteiger partial charge in [-0.1, -0.05) is 6.92 Å². The summed E-state index contributed by atoms with van der Waals surface area (Å²) in [5, 5.41) is 8.78. The molecule has 194 valence electrons. The number of piperazine rings is 1. The number of carbonyl (C=O) groups is 3. The molecule has 2 heterocycles. The molecule has 1 saturated heterocycles. The second-order valence-electron chi connectivity index (χ2n) is 10.4. The average Bonchev–Trinajstić information content (AvgIpc) is 3.59. The third-order valence-electron chi connectivity index (χ3n) is 6.90. The summed E-state index contributed by atoms with van der Waals surface area (Å²) in [4.78, 5) is 43.5. The summed E-state index contributed by atoms with van der Waals surface area (Å²) in [6.45, 7) is 10.5. The number of nitrogens with zero attached hydrogens (tertiary/aromatic N) is 2. The lowest BCUT2D eigenvalue weighted by Gasteiger charge is -2.34. The molecule has 2 aromatic rings. The molecule has 9 heteroatoms. The van der Waals surface area contributed by atoms with Crippen LogP contribution in [0.3, 0.4) is 0 Å². The van der Waals surface area contributed by atoms with E-state index < -0.39 is 0 Å². The van der Waals surface area contributed by atoms with Gasteiger partial charge < -0.3 is 20.9 Å². The van der Waals surface area contributed by atoms with E-state index in [-0.39, 0.29) is 23.4 Å². The lowest BCUT2D eigenvalue weighted by atomic mass is 10.0. The molecular weight excluding hydrogens is 474 g/mol. The number of anilines is 1. The van der Waals surface area contributed by atoms with Crippen molar-refractivity contribution in [2.45, 2.75) is 52.1 Å². The first-order chi connectivity index (χ1) is 17.2. The van der Waals surface area contributed by atoms with Crippen molar-refractivity contribution in [1.29, 1.82) is 0 Å². The molecule has 36 heavy (non-hydrogen) atoms. The van der Waals surface area contributed by atoms with E-state index in [9.17, 15) is 14.4 Å². The first kappa shape index (κ1) is 26.2. The summed E-state index contributed by atoms with van der Waals surface area (Å²) in [6, 6.07) is 10.8. The van der Waals surface area contributed by atoms with Crippen molar-refractivity contribution in [3.05, 3.63) is 51.7 Å². The molecule has 0 bridgehead atoms. The van der Waals surface area contributed by atoms with Gasteiger partial charge >= 0.3 is 6.03 Å². The fourth-order valence-electron chi connectivity index (χ4n) is 3.98. The Labute approximate surface area is 217 Å². The topological polar surface area (TPSA) is 93.8 Å². The Kier molecular flexibility index (Phi) is 8.31. The van der Waals surface area contributed by atoms with Crippen LogP contribution in [-0.4, -0.2) is 65.9 Å². The second-order valence-corrected chi connectivity index (χ2v) is 11.5. The van der Waals surface area contributed by atoms with Crippen LogP contribution in [0, 0.1) is 5.92 Å². The van der Waals surface area contributed by atoms with Crippen molar-refractivity contribution in [1.82, 2.24) is 20.4 Å². The number of nitrogens with one attached hydrogen (secondary N) is 3. The molecule has 1 aromatic carbocycles. The van der Waals surface area contributed by atoms with Crippen LogP contribution < -0.4 is 16.0 Å². The molecule has 0 unspecified atom stereocenters. The molecule has 1 saturated carbocycles. The molecule has 3 N–H and O–H groups in total. The third kappa shape index (κ3) is 7.30. The van der Waals surface area contributed by atoms with Crippen molar-refractivity contribution in [3.8, 4) is 0 Å². The Morgan fingerprint density at radius 1 is 1.00 bits per heavy atom. The fourth-order valence-corrected chi connectivity index (χ4v) is 4.93. The van der Waals surface area contributed by atoms with Crippen LogP contribution in [0.1, 0.15) is 64.9 Å². The van der Waals surface area contributed by atoms with E-state index in [4.69, 9.17) is 0 Å². The largest absolute Gasteiger partial charge is 0.346 e. The van der Waals surface area contributed by atoms with Crippen LogP contribution in [0.25, 0.3) is 0 Å². The van der Waals surface area contributed by atoms with Gasteiger partial charge in [0.15, 0.2) is 0 Å². The Hall–Kier alpha value is -2.91. The second kappa shape index (κ2) is 11.4. The van der Waals surface area contributed by atoms with E-state index in [0.29, 0.717) is 36.8 Å².